The van der Waals surface area contributed by atoms with Crippen molar-refractivity contribution in [1.29, 1.82) is 0 Å². The minimum Gasteiger partial charge on any atom is -0.453 e. The molecule has 2 aliphatic heterocycles. The first kappa shape index (κ1) is 33.6. The SMILES string of the molecule is CCCCCC.c1ccc2c(c1)Oc1ccccc1N2c1nc2ccccc2c2c1ccc1c(N3c4ccccc4Oc4ccccc43)nc3ccccc3c12. The molecule has 0 N–H and O–H groups in total. The van der Waals surface area contributed by atoms with E-state index in [9.17, 15) is 0 Å². The Bertz CT molecular complexity index is 2650. The average Bonchev–Trinajstić information content (AvgIpc) is 3.26. The van der Waals surface area contributed by atoms with Gasteiger partial charge in [0.2, 0.25) is 0 Å². The van der Waals surface area contributed by atoms with Gasteiger partial charge in [-0.3, -0.25) is 9.80 Å². The molecule has 6 nitrogen and oxygen atoms in total. The molecule has 0 bridgehead atoms. The maximum absolute atomic E-state index is 6.40. The van der Waals surface area contributed by atoms with Crippen LogP contribution < -0.4 is 19.3 Å². The fraction of sp³-hybridized carbons (Fsp3) is 0.120. The van der Waals surface area contributed by atoms with Crippen molar-refractivity contribution in [2.45, 2.75) is 39.5 Å². The summed E-state index contributed by atoms with van der Waals surface area (Å²) < 4.78 is 12.8. The van der Waals surface area contributed by atoms with Crippen LogP contribution in [0.25, 0.3) is 43.4 Å². The van der Waals surface area contributed by atoms with Gasteiger partial charge in [0.15, 0.2) is 23.0 Å². The topological polar surface area (TPSA) is 50.7 Å². The van der Waals surface area contributed by atoms with E-state index in [1.54, 1.807) is 0 Å². The summed E-state index contributed by atoms with van der Waals surface area (Å²) in [4.78, 5) is 15.3. The molecule has 0 fully saturated rings. The second-order valence-corrected chi connectivity index (χ2v) is 14.3. The largest absolute Gasteiger partial charge is 0.453 e. The van der Waals surface area contributed by atoms with Gasteiger partial charge in [0.1, 0.15) is 11.6 Å². The van der Waals surface area contributed by atoms with E-state index in [1.807, 2.05) is 72.8 Å². The van der Waals surface area contributed by atoms with Gasteiger partial charge < -0.3 is 9.47 Å². The van der Waals surface area contributed by atoms with E-state index >= 15 is 0 Å². The van der Waals surface area contributed by atoms with Gasteiger partial charge in [-0.25, -0.2) is 9.97 Å². The highest BCUT2D eigenvalue weighted by Gasteiger charge is 2.31. The van der Waals surface area contributed by atoms with E-state index in [1.165, 1.54) is 25.7 Å². The van der Waals surface area contributed by atoms with Crippen LogP contribution >= 0.6 is 0 Å². The number of aromatic nitrogens is 2. The minimum atomic E-state index is 0.789. The molecule has 272 valence electrons. The quantitative estimate of drug-likeness (QED) is 0.130. The van der Waals surface area contributed by atoms with E-state index in [-0.39, 0.29) is 0 Å². The lowest BCUT2D eigenvalue weighted by molar-refractivity contribution is 0.476. The molecule has 6 heteroatoms. The van der Waals surface area contributed by atoms with Gasteiger partial charge in [0.05, 0.1) is 33.8 Å². The van der Waals surface area contributed by atoms with Gasteiger partial charge in [0.25, 0.3) is 0 Å². The summed E-state index contributed by atoms with van der Waals surface area (Å²) in [6.07, 6.45) is 5.54. The second kappa shape index (κ2) is 14.1. The van der Waals surface area contributed by atoms with Crippen LogP contribution in [0.3, 0.4) is 0 Å². The molecule has 2 aromatic heterocycles. The lowest BCUT2D eigenvalue weighted by atomic mass is 9.95. The van der Waals surface area contributed by atoms with E-state index in [0.717, 1.165) is 101 Å². The monoisotopic (exact) mass is 728 g/mol. The summed E-state index contributed by atoms with van der Waals surface area (Å²) in [7, 11) is 0. The summed E-state index contributed by atoms with van der Waals surface area (Å²) in [6, 6.07) is 54.0. The maximum Gasteiger partial charge on any atom is 0.151 e. The highest BCUT2D eigenvalue weighted by molar-refractivity contribution is 6.30. The van der Waals surface area contributed by atoms with Gasteiger partial charge in [-0.05, 0) is 72.8 Å². The standard InChI is InChI=1S/C44H26N4O2.C6H14/c1-3-15-31-27(13-1)41-29(43(45-31)47-33-17-5-9-21-37(33)49-38-22-10-6-18-34(38)47)25-26-30-42(41)28-14-2-4-16-32(28)46-44(30)48-35-19-7-11-23-39(35)50-40-24-12-8-20-36(40)48;1-3-5-6-4-2/h1-26H;3-6H2,1-2H3. The number of nitrogens with zero attached hydrogens (tertiary/aromatic N) is 4. The number of hydrogen-bond donors (Lipinski definition) is 0. The van der Waals surface area contributed by atoms with Crippen LogP contribution in [0.15, 0.2) is 158 Å². The molecule has 4 heterocycles. The van der Waals surface area contributed by atoms with Gasteiger partial charge in [0, 0.05) is 32.3 Å². The van der Waals surface area contributed by atoms with Crippen molar-refractivity contribution in [3.8, 4) is 23.0 Å². The van der Waals surface area contributed by atoms with E-state index < -0.39 is 0 Å². The average molecular weight is 729 g/mol. The van der Waals surface area contributed by atoms with E-state index in [4.69, 9.17) is 19.4 Å². The molecule has 2 aliphatic rings. The summed E-state index contributed by atoms with van der Waals surface area (Å²) in [5.74, 6) is 4.84. The van der Waals surface area contributed by atoms with E-state index in [2.05, 4.69) is 109 Å². The molecule has 0 spiro atoms. The number of ether oxygens (including phenoxy) is 2. The van der Waals surface area contributed by atoms with Crippen LogP contribution in [-0.2, 0) is 0 Å². The maximum atomic E-state index is 6.40. The Morgan fingerprint density at radius 2 is 0.696 bits per heavy atom. The molecule has 0 saturated carbocycles. The van der Waals surface area contributed by atoms with Crippen molar-refractivity contribution < 1.29 is 9.47 Å². The molecular weight excluding hydrogens is 689 g/mol. The summed E-state index contributed by atoms with van der Waals surface area (Å²) in [6.45, 7) is 4.46. The van der Waals surface area contributed by atoms with Crippen molar-refractivity contribution in [2.75, 3.05) is 9.80 Å². The van der Waals surface area contributed by atoms with Crippen molar-refractivity contribution in [3.05, 3.63) is 158 Å². The zero-order valence-electron chi connectivity index (χ0n) is 31.4. The normalized spacial score (nSPS) is 12.6. The summed E-state index contributed by atoms with van der Waals surface area (Å²) in [5.41, 5.74) is 5.59. The third-order valence-electron chi connectivity index (χ3n) is 10.7. The third kappa shape index (κ3) is 5.48. The second-order valence-electron chi connectivity index (χ2n) is 14.3. The number of hydrogen-bond acceptors (Lipinski definition) is 6. The molecule has 11 rings (SSSR count). The van der Waals surface area contributed by atoms with Crippen LogP contribution in [0.4, 0.5) is 34.4 Å². The van der Waals surface area contributed by atoms with Crippen LogP contribution in [0.2, 0.25) is 0 Å². The number of benzene rings is 7. The highest BCUT2D eigenvalue weighted by atomic mass is 16.5. The van der Waals surface area contributed by atoms with Crippen molar-refractivity contribution in [2.24, 2.45) is 0 Å². The smallest absolute Gasteiger partial charge is 0.151 e. The summed E-state index contributed by atoms with van der Waals surface area (Å²) in [5, 5.41) is 6.48. The van der Waals surface area contributed by atoms with Crippen LogP contribution in [-0.4, -0.2) is 9.97 Å². The van der Waals surface area contributed by atoms with Crippen LogP contribution in [0.1, 0.15) is 39.5 Å². The number of fused-ring (bicyclic) bond motifs is 11. The number of rotatable bonds is 5. The zero-order valence-corrected chi connectivity index (χ0v) is 31.4. The van der Waals surface area contributed by atoms with Crippen LogP contribution in [0.5, 0.6) is 23.0 Å². The Labute approximate surface area is 326 Å². The first-order valence-electron chi connectivity index (χ1n) is 19.6. The molecule has 0 radical (unpaired) electrons. The Balaban J connectivity index is 0.000000597. The Morgan fingerprint density at radius 1 is 0.375 bits per heavy atom. The molecule has 0 atom stereocenters. The van der Waals surface area contributed by atoms with Crippen molar-refractivity contribution >= 4 is 77.7 Å². The Hall–Kier alpha value is -6.92. The van der Waals surface area contributed by atoms with Crippen LogP contribution in [0, 0.1) is 0 Å². The van der Waals surface area contributed by atoms with Gasteiger partial charge >= 0.3 is 0 Å². The molecule has 0 aliphatic carbocycles. The van der Waals surface area contributed by atoms with E-state index in [0.29, 0.717) is 0 Å². The number of unbranched alkanes of at least 4 members (excludes halogenated alkanes) is 3. The Morgan fingerprint density at radius 3 is 1.05 bits per heavy atom. The first-order valence-corrected chi connectivity index (χ1v) is 19.6. The predicted molar refractivity (Wildman–Crippen MR) is 231 cm³/mol. The lowest BCUT2D eigenvalue weighted by Crippen LogP contribution is -2.18. The fourth-order valence-electron chi connectivity index (χ4n) is 8.16. The van der Waals surface area contributed by atoms with Crippen molar-refractivity contribution in [3.63, 3.8) is 0 Å². The molecular formula is C50H40N4O2. The lowest BCUT2D eigenvalue weighted by Gasteiger charge is -2.34. The molecule has 0 unspecified atom stereocenters. The third-order valence-corrected chi connectivity index (χ3v) is 10.7. The number of para-hydroxylation sites is 10. The molecule has 7 aromatic carbocycles. The van der Waals surface area contributed by atoms with Gasteiger partial charge in [-0.15, -0.1) is 0 Å². The predicted octanol–water partition coefficient (Wildman–Crippen LogP) is 14.8. The van der Waals surface area contributed by atoms with Gasteiger partial charge in [-0.2, -0.15) is 0 Å². The fourth-order valence-corrected chi connectivity index (χ4v) is 8.16. The zero-order chi connectivity index (χ0) is 37.6. The molecule has 9 aromatic rings. The highest BCUT2D eigenvalue weighted by Crippen LogP contribution is 2.55. The van der Waals surface area contributed by atoms with Gasteiger partial charge in [-0.1, -0.05) is 124 Å². The Kier molecular flexibility index (Phi) is 8.44. The first-order chi connectivity index (χ1) is 27.7. The molecule has 0 amide bonds. The molecule has 56 heavy (non-hydrogen) atoms. The number of pyridine rings is 2. The minimum absolute atomic E-state index is 0.789. The molecule has 0 saturated heterocycles. The summed E-state index contributed by atoms with van der Waals surface area (Å²) >= 11 is 0. The van der Waals surface area contributed by atoms with Crippen molar-refractivity contribution in [1.82, 2.24) is 9.97 Å². The number of anilines is 6.